The van der Waals surface area contributed by atoms with Crippen molar-refractivity contribution in [1.29, 1.82) is 0 Å². The third kappa shape index (κ3) is 4.07. The highest BCUT2D eigenvalue weighted by molar-refractivity contribution is 7.14. The van der Waals surface area contributed by atoms with Crippen molar-refractivity contribution in [3.05, 3.63) is 41.9 Å². The smallest absolute Gasteiger partial charge is 0.322 e. The van der Waals surface area contributed by atoms with Gasteiger partial charge < -0.3 is 10.2 Å². The Balaban J connectivity index is 1.48. The molecule has 2 aromatic rings. The van der Waals surface area contributed by atoms with Crippen LogP contribution in [-0.4, -0.2) is 34.9 Å². The van der Waals surface area contributed by atoms with Gasteiger partial charge in [0.2, 0.25) is 5.91 Å². The molecule has 23 heavy (non-hydrogen) atoms. The fourth-order valence-corrected chi connectivity index (χ4v) is 3.15. The van der Waals surface area contributed by atoms with E-state index in [4.69, 9.17) is 0 Å². The van der Waals surface area contributed by atoms with Gasteiger partial charge in [0.25, 0.3) is 0 Å². The Morgan fingerprint density at radius 3 is 2.61 bits per heavy atom. The maximum absolute atomic E-state index is 12.2. The highest BCUT2D eigenvalue weighted by Crippen LogP contribution is 2.21. The molecule has 3 rings (SSSR count). The van der Waals surface area contributed by atoms with Crippen LogP contribution in [0.1, 0.15) is 12.8 Å². The minimum absolute atomic E-state index is 0.0259. The number of hydrogen-bond acceptors (Lipinski definition) is 4. The molecule has 2 N–H and O–H groups in total. The predicted molar refractivity (Wildman–Crippen MR) is 90.5 cm³/mol. The maximum atomic E-state index is 12.2. The molecule has 0 radical (unpaired) electrons. The van der Waals surface area contributed by atoms with Crippen molar-refractivity contribution in [1.82, 2.24) is 9.88 Å². The van der Waals surface area contributed by atoms with E-state index in [0.717, 1.165) is 5.00 Å². The van der Waals surface area contributed by atoms with Crippen LogP contribution in [0.4, 0.5) is 15.6 Å². The summed E-state index contributed by atoms with van der Waals surface area (Å²) in [6.07, 6.45) is 2.97. The van der Waals surface area contributed by atoms with Crippen LogP contribution in [0.25, 0.3) is 0 Å². The van der Waals surface area contributed by atoms with Crippen LogP contribution in [0.15, 0.2) is 41.9 Å². The Kier molecular flexibility index (Phi) is 4.87. The molecule has 120 valence electrons. The summed E-state index contributed by atoms with van der Waals surface area (Å²) in [6, 6.07) is 9.07. The number of rotatable bonds is 3. The molecular formula is C16H18N4O2S. The van der Waals surface area contributed by atoms with Crippen molar-refractivity contribution in [2.45, 2.75) is 12.8 Å². The number of carbonyl (C=O) groups is 2. The van der Waals surface area contributed by atoms with E-state index in [-0.39, 0.29) is 17.9 Å². The molecule has 2 aromatic heterocycles. The number of aromatic nitrogens is 1. The number of amides is 3. The number of piperidine rings is 1. The van der Waals surface area contributed by atoms with Crippen LogP contribution in [0.3, 0.4) is 0 Å². The van der Waals surface area contributed by atoms with Gasteiger partial charge in [-0.1, -0.05) is 6.07 Å². The summed E-state index contributed by atoms with van der Waals surface area (Å²) in [5.41, 5.74) is 0. The van der Waals surface area contributed by atoms with Gasteiger partial charge in [-0.3, -0.25) is 10.1 Å². The normalized spacial score (nSPS) is 15.2. The average molecular weight is 330 g/mol. The monoisotopic (exact) mass is 330 g/mol. The van der Waals surface area contributed by atoms with Crippen molar-refractivity contribution in [2.75, 3.05) is 23.7 Å². The number of pyridine rings is 1. The molecule has 6 nitrogen and oxygen atoms in total. The summed E-state index contributed by atoms with van der Waals surface area (Å²) in [5.74, 6) is 0.458. The van der Waals surface area contributed by atoms with Gasteiger partial charge in [-0.25, -0.2) is 9.78 Å². The fourth-order valence-electron chi connectivity index (χ4n) is 2.54. The maximum Gasteiger partial charge on any atom is 0.322 e. The number of nitrogens with one attached hydrogen (secondary N) is 2. The lowest BCUT2D eigenvalue weighted by atomic mass is 9.96. The third-order valence-corrected chi connectivity index (χ3v) is 4.61. The van der Waals surface area contributed by atoms with Crippen molar-refractivity contribution < 1.29 is 9.59 Å². The number of hydrogen-bond donors (Lipinski definition) is 2. The minimum Gasteiger partial charge on any atom is -0.324 e. The van der Waals surface area contributed by atoms with Gasteiger partial charge in [0.1, 0.15) is 5.82 Å². The molecule has 0 spiro atoms. The molecule has 0 bridgehead atoms. The molecule has 7 heteroatoms. The van der Waals surface area contributed by atoms with E-state index in [1.165, 1.54) is 11.3 Å². The zero-order chi connectivity index (χ0) is 16.1. The lowest BCUT2D eigenvalue weighted by Crippen LogP contribution is -2.43. The number of carbonyl (C=O) groups excluding carboxylic acids is 2. The quantitative estimate of drug-likeness (QED) is 0.908. The van der Waals surface area contributed by atoms with E-state index in [9.17, 15) is 9.59 Å². The zero-order valence-electron chi connectivity index (χ0n) is 12.6. The standard InChI is InChI=1S/C16H18N4O2S/c21-15(18-13-4-1-2-8-17-13)12-6-9-20(10-7-12)16(22)19-14-5-3-11-23-14/h1-5,8,11-12H,6-7,9-10H2,(H,19,22)(H,17,18,21). The molecular weight excluding hydrogens is 312 g/mol. The Morgan fingerprint density at radius 1 is 1.13 bits per heavy atom. The molecule has 3 heterocycles. The first-order valence-corrected chi connectivity index (χ1v) is 8.41. The fraction of sp³-hybridized carbons (Fsp3) is 0.312. The summed E-state index contributed by atoms with van der Waals surface area (Å²) < 4.78 is 0. The largest absolute Gasteiger partial charge is 0.324 e. The number of anilines is 2. The molecule has 0 unspecified atom stereocenters. The first-order chi connectivity index (χ1) is 11.2. The van der Waals surface area contributed by atoms with E-state index in [1.807, 2.05) is 23.6 Å². The summed E-state index contributed by atoms with van der Waals surface area (Å²) >= 11 is 1.49. The topological polar surface area (TPSA) is 74.3 Å². The summed E-state index contributed by atoms with van der Waals surface area (Å²) in [7, 11) is 0. The van der Waals surface area contributed by atoms with Crippen LogP contribution in [0, 0.1) is 5.92 Å². The van der Waals surface area contributed by atoms with Crippen LogP contribution in [0.5, 0.6) is 0 Å². The van der Waals surface area contributed by atoms with Gasteiger partial charge in [-0.2, -0.15) is 0 Å². The van der Waals surface area contributed by atoms with Gasteiger partial charge in [0, 0.05) is 25.2 Å². The van der Waals surface area contributed by atoms with E-state index < -0.39 is 0 Å². The molecule has 1 saturated heterocycles. The second kappa shape index (κ2) is 7.23. The van der Waals surface area contributed by atoms with Crippen molar-refractivity contribution in [3.8, 4) is 0 Å². The molecule has 0 atom stereocenters. The first-order valence-electron chi connectivity index (χ1n) is 7.54. The van der Waals surface area contributed by atoms with Crippen LogP contribution < -0.4 is 10.6 Å². The minimum atomic E-state index is -0.101. The molecule has 0 aromatic carbocycles. The molecule has 1 aliphatic heterocycles. The van der Waals surface area contributed by atoms with Gasteiger partial charge >= 0.3 is 6.03 Å². The molecule has 0 aliphatic carbocycles. The van der Waals surface area contributed by atoms with E-state index >= 15 is 0 Å². The van der Waals surface area contributed by atoms with E-state index in [2.05, 4.69) is 15.6 Å². The first kappa shape index (κ1) is 15.5. The Morgan fingerprint density at radius 2 is 1.96 bits per heavy atom. The number of likely N-dealkylation sites (tertiary alicyclic amines) is 1. The van der Waals surface area contributed by atoms with Crippen molar-refractivity contribution in [2.24, 2.45) is 5.92 Å². The van der Waals surface area contributed by atoms with Gasteiger partial charge in [0.15, 0.2) is 0 Å². The lowest BCUT2D eigenvalue weighted by Gasteiger charge is -2.31. The van der Waals surface area contributed by atoms with E-state index in [1.54, 1.807) is 23.2 Å². The zero-order valence-corrected chi connectivity index (χ0v) is 13.4. The van der Waals surface area contributed by atoms with Crippen molar-refractivity contribution >= 4 is 34.1 Å². The number of urea groups is 1. The third-order valence-electron chi connectivity index (χ3n) is 3.82. The van der Waals surface area contributed by atoms with Crippen molar-refractivity contribution in [3.63, 3.8) is 0 Å². The molecule has 3 amide bonds. The van der Waals surface area contributed by atoms with Crippen LogP contribution in [-0.2, 0) is 4.79 Å². The van der Waals surface area contributed by atoms with E-state index in [0.29, 0.717) is 31.7 Å². The van der Waals surface area contributed by atoms with Crippen LogP contribution >= 0.6 is 11.3 Å². The predicted octanol–water partition coefficient (Wildman–Crippen LogP) is 3.03. The van der Waals surface area contributed by atoms with Gasteiger partial charge in [-0.15, -0.1) is 11.3 Å². The summed E-state index contributed by atoms with van der Waals surface area (Å²) in [6.45, 7) is 1.16. The molecule has 1 aliphatic rings. The summed E-state index contributed by atoms with van der Waals surface area (Å²) in [5, 5.41) is 8.45. The second-order valence-corrected chi connectivity index (χ2v) is 6.32. The van der Waals surface area contributed by atoms with Crippen LogP contribution in [0.2, 0.25) is 0 Å². The highest BCUT2D eigenvalue weighted by atomic mass is 32.1. The number of thiophene rings is 1. The Labute approximate surface area is 138 Å². The second-order valence-electron chi connectivity index (χ2n) is 5.37. The Bertz CT molecular complexity index is 652. The average Bonchev–Trinajstić information content (AvgIpc) is 3.09. The van der Waals surface area contributed by atoms with Gasteiger partial charge in [0.05, 0.1) is 5.00 Å². The van der Waals surface area contributed by atoms with Gasteiger partial charge in [-0.05, 0) is 42.5 Å². The lowest BCUT2D eigenvalue weighted by molar-refractivity contribution is -0.121. The molecule has 1 fully saturated rings. The molecule has 0 saturated carbocycles. The highest BCUT2D eigenvalue weighted by Gasteiger charge is 2.27. The number of nitrogens with zero attached hydrogens (tertiary/aromatic N) is 2. The Hall–Kier alpha value is -2.41. The summed E-state index contributed by atoms with van der Waals surface area (Å²) in [4.78, 5) is 30.2. The SMILES string of the molecule is O=C(Nc1ccccn1)C1CCN(C(=O)Nc2cccs2)CC1.